The molecule has 5 aromatic rings. The van der Waals surface area contributed by atoms with E-state index < -0.39 is 10.0 Å². The van der Waals surface area contributed by atoms with Gasteiger partial charge in [-0.3, -0.25) is 4.40 Å². The van der Waals surface area contributed by atoms with Crippen molar-refractivity contribution >= 4 is 32.4 Å². The minimum atomic E-state index is -3.79. The van der Waals surface area contributed by atoms with Gasteiger partial charge < -0.3 is 10.1 Å². The number of imidazole rings is 1. The summed E-state index contributed by atoms with van der Waals surface area (Å²) in [5, 5.41) is 4.21. The Kier molecular flexibility index (Phi) is 5.39. The summed E-state index contributed by atoms with van der Waals surface area (Å²) < 4.78 is 35.7. The van der Waals surface area contributed by atoms with Crippen LogP contribution < -0.4 is 5.32 Å². The maximum Gasteiger partial charge on any atom is 0.268 e. The number of ether oxygens (including phenoxy) is 1. The number of aryl methyl sites for hydroxylation is 1. The third-order valence-corrected chi connectivity index (χ3v) is 7.33. The third kappa shape index (κ3) is 3.67. The van der Waals surface area contributed by atoms with E-state index >= 15 is 0 Å². The molecule has 33 heavy (non-hydrogen) atoms. The molecule has 0 aliphatic rings. The summed E-state index contributed by atoms with van der Waals surface area (Å²) >= 11 is 0. The fourth-order valence-electron chi connectivity index (χ4n) is 3.99. The van der Waals surface area contributed by atoms with E-state index in [4.69, 9.17) is 9.72 Å². The molecule has 3 heterocycles. The molecule has 8 heteroatoms. The summed E-state index contributed by atoms with van der Waals surface area (Å²) in [6.45, 7) is 3.05. The second-order valence-electron chi connectivity index (χ2n) is 7.83. The van der Waals surface area contributed by atoms with E-state index in [0.717, 1.165) is 28.0 Å². The molecule has 0 spiro atoms. The van der Waals surface area contributed by atoms with Crippen LogP contribution in [0.5, 0.6) is 0 Å². The molecule has 3 aromatic heterocycles. The van der Waals surface area contributed by atoms with E-state index in [1.54, 1.807) is 37.6 Å². The van der Waals surface area contributed by atoms with Crippen LogP contribution in [0.15, 0.2) is 84.0 Å². The lowest BCUT2D eigenvalue weighted by atomic mass is 10.1. The summed E-state index contributed by atoms with van der Waals surface area (Å²) in [5.41, 5.74) is 3.80. The average molecular weight is 461 g/mol. The number of methoxy groups -OCH3 is 1. The van der Waals surface area contributed by atoms with Gasteiger partial charge in [-0.15, -0.1) is 0 Å². The van der Waals surface area contributed by atoms with Crippen LogP contribution in [0.25, 0.3) is 27.8 Å². The summed E-state index contributed by atoms with van der Waals surface area (Å²) in [5.74, 6) is 0.790. The SMILES string of the molecule is COCCNc1c(-c2cn(S(=O)(=O)c3ccc(C)cc3)c3ccccc23)nc2ccccn12. The lowest BCUT2D eigenvalue weighted by Crippen LogP contribution is -2.11. The van der Waals surface area contributed by atoms with Gasteiger partial charge in [-0.05, 0) is 37.3 Å². The average Bonchev–Trinajstić information content (AvgIpc) is 3.39. The highest BCUT2D eigenvalue weighted by Gasteiger charge is 2.24. The summed E-state index contributed by atoms with van der Waals surface area (Å²) in [6.07, 6.45) is 3.60. The number of hydrogen-bond acceptors (Lipinski definition) is 5. The summed E-state index contributed by atoms with van der Waals surface area (Å²) in [4.78, 5) is 5.09. The molecule has 0 unspecified atom stereocenters. The van der Waals surface area contributed by atoms with Gasteiger partial charge in [0.1, 0.15) is 17.2 Å². The highest BCUT2D eigenvalue weighted by Crippen LogP contribution is 2.36. The largest absolute Gasteiger partial charge is 0.383 e. The molecule has 0 saturated heterocycles. The first kappa shape index (κ1) is 21.2. The van der Waals surface area contributed by atoms with Crippen molar-refractivity contribution in [1.29, 1.82) is 0 Å². The first-order valence-electron chi connectivity index (χ1n) is 10.6. The van der Waals surface area contributed by atoms with Crippen LogP contribution in [-0.2, 0) is 14.8 Å². The van der Waals surface area contributed by atoms with Crippen LogP contribution in [0.1, 0.15) is 5.56 Å². The number of pyridine rings is 1. The van der Waals surface area contributed by atoms with Crippen LogP contribution in [0, 0.1) is 6.92 Å². The van der Waals surface area contributed by atoms with E-state index in [2.05, 4.69) is 5.32 Å². The van der Waals surface area contributed by atoms with Crippen LogP contribution in [0.4, 0.5) is 5.82 Å². The van der Waals surface area contributed by atoms with Gasteiger partial charge in [-0.1, -0.05) is 42.0 Å². The number of benzene rings is 2. The van der Waals surface area contributed by atoms with E-state index in [1.807, 2.05) is 60.0 Å². The molecule has 168 valence electrons. The van der Waals surface area contributed by atoms with Crippen molar-refractivity contribution in [2.24, 2.45) is 0 Å². The monoisotopic (exact) mass is 460 g/mol. The smallest absolute Gasteiger partial charge is 0.268 e. The van der Waals surface area contributed by atoms with Crippen molar-refractivity contribution in [2.75, 3.05) is 25.6 Å². The Labute approximate surface area is 192 Å². The molecule has 0 bridgehead atoms. The summed E-state index contributed by atoms with van der Waals surface area (Å²) in [7, 11) is -2.14. The van der Waals surface area contributed by atoms with Gasteiger partial charge in [0, 0.05) is 37.0 Å². The molecule has 0 atom stereocenters. The van der Waals surface area contributed by atoms with Crippen LogP contribution in [0.3, 0.4) is 0 Å². The molecule has 2 aromatic carbocycles. The Balaban J connectivity index is 1.74. The number of hydrogen-bond donors (Lipinski definition) is 1. The van der Waals surface area contributed by atoms with Gasteiger partial charge in [-0.2, -0.15) is 0 Å². The van der Waals surface area contributed by atoms with Crippen LogP contribution in [-0.4, -0.2) is 42.0 Å². The molecule has 0 fully saturated rings. The molecular formula is C25H24N4O3S. The minimum Gasteiger partial charge on any atom is -0.383 e. The molecule has 0 amide bonds. The Morgan fingerprint density at radius 1 is 1.00 bits per heavy atom. The standard InChI is InChI=1S/C25H24N4O3S/c1-18-10-12-19(13-11-18)33(30,31)29-17-21(20-7-3-4-8-22(20)29)24-25(26-14-16-32-2)28-15-6-5-9-23(28)27-24/h3-13,15,17,26H,14,16H2,1-2H3. The number of anilines is 1. The highest BCUT2D eigenvalue weighted by atomic mass is 32.2. The van der Waals surface area contributed by atoms with E-state index in [1.165, 1.54) is 3.97 Å². The summed E-state index contributed by atoms with van der Waals surface area (Å²) in [6, 6.07) is 20.2. The van der Waals surface area contributed by atoms with Gasteiger partial charge in [-0.25, -0.2) is 17.4 Å². The van der Waals surface area contributed by atoms with E-state index in [0.29, 0.717) is 24.4 Å². The first-order chi connectivity index (χ1) is 16.0. The van der Waals surface area contributed by atoms with Crippen LogP contribution in [0.2, 0.25) is 0 Å². The maximum absolute atomic E-state index is 13.6. The number of nitrogens with zero attached hydrogens (tertiary/aromatic N) is 3. The lowest BCUT2D eigenvalue weighted by Gasteiger charge is -2.08. The molecule has 0 radical (unpaired) electrons. The predicted octanol–water partition coefficient (Wildman–Crippen LogP) is 4.56. The van der Waals surface area contributed by atoms with Gasteiger partial charge in [0.25, 0.3) is 10.0 Å². The number of nitrogens with one attached hydrogen (secondary N) is 1. The molecule has 5 rings (SSSR count). The number of fused-ring (bicyclic) bond motifs is 2. The second kappa shape index (κ2) is 8.38. The molecule has 0 aliphatic carbocycles. The van der Waals surface area contributed by atoms with Crippen molar-refractivity contribution in [2.45, 2.75) is 11.8 Å². The maximum atomic E-state index is 13.6. The van der Waals surface area contributed by atoms with Gasteiger partial charge >= 0.3 is 0 Å². The zero-order chi connectivity index (χ0) is 23.0. The molecule has 0 aliphatic heterocycles. The number of para-hydroxylation sites is 1. The second-order valence-corrected chi connectivity index (χ2v) is 9.65. The van der Waals surface area contributed by atoms with Gasteiger partial charge in [0.15, 0.2) is 0 Å². The fourth-order valence-corrected chi connectivity index (χ4v) is 5.35. The topological polar surface area (TPSA) is 77.6 Å². The van der Waals surface area contributed by atoms with E-state index in [9.17, 15) is 8.42 Å². The van der Waals surface area contributed by atoms with Crippen molar-refractivity contribution in [1.82, 2.24) is 13.4 Å². The molecule has 1 N–H and O–H groups in total. The van der Waals surface area contributed by atoms with Gasteiger partial charge in [0.05, 0.1) is 17.0 Å². The van der Waals surface area contributed by atoms with Crippen molar-refractivity contribution in [3.63, 3.8) is 0 Å². The molecule has 7 nitrogen and oxygen atoms in total. The minimum absolute atomic E-state index is 0.244. The van der Waals surface area contributed by atoms with Crippen molar-refractivity contribution < 1.29 is 13.2 Å². The predicted molar refractivity (Wildman–Crippen MR) is 130 cm³/mol. The Bertz CT molecular complexity index is 1550. The Morgan fingerprint density at radius 3 is 2.55 bits per heavy atom. The zero-order valence-electron chi connectivity index (χ0n) is 18.4. The van der Waals surface area contributed by atoms with E-state index in [-0.39, 0.29) is 4.90 Å². The van der Waals surface area contributed by atoms with Gasteiger partial charge in [0.2, 0.25) is 0 Å². The third-order valence-electron chi connectivity index (χ3n) is 5.64. The highest BCUT2D eigenvalue weighted by molar-refractivity contribution is 7.90. The fraction of sp³-hybridized carbons (Fsp3) is 0.160. The van der Waals surface area contributed by atoms with Crippen molar-refractivity contribution in [3.05, 3.63) is 84.7 Å². The zero-order valence-corrected chi connectivity index (χ0v) is 19.2. The Hall–Kier alpha value is -3.62. The molecular weight excluding hydrogens is 436 g/mol. The number of rotatable bonds is 7. The normalized spacial score (nSPS) is 11.9. The quantitative estimate of drug-likeness (QED) is 0.360. The Morgan fingerprint density at radius 2 is 1.76 bits per heavy atom. The number of aromatic nitrogens is 3. The lowest BCUT2D eigenvalue weighted by molar-refractivity contribution is 0.210. The van der Waals surface area contributed by atoms with Crippen LogP contribution >= 0.6 is 0 Å². The molecule has 0 saturated carbocycles. The van der Waals surface area contributed by atoms with Crippen molar-refractivity contribution in [3.8, 4) is 11.3 Å². The first-order valence-corrected chi connectivity index (χ1v) is 12.1.